The quantitative estimate of drug-likeness (QED) is 0.715. The van der Waals surface area contributed by atoms with Crippen molar-refractivity contribution in [1.82, 2.24) is 10.2 Å². The number of Topliss-reactive ketones (excluding diaryl/α,β-unsaturated/α-hetero) is 1. The van der Waals surface area contributed by atoms with Crippen LogP contribution in [0.3, 0.4) is 0 Å². The second-order valence-corrected chi connectivity index (χ2v) is 6.17. The first-order chi connectivity index (χ1) is 12.1. The van der Waals surface area contributed by atoms with Crippen LogP contribution in [0.2, 0.25) is 0 Å². The van der Waals surface area contributed by atoms with Gasteiger partial charge in [0.05, 0.1) is 18.1 Å². The predicted molar refractivity (Wildman–Crippen MR) is 86.3 cm³/mol. The molecule has 1 aliphatic rings. The van der Waals surface area contributed by atoms with E-state index in [1.165, 1.54) is 29.0 Å². The molecule has 4 heterocycles. The van der Waals surface area contributed by atoms with Crippen molar-refractivity contribution in [2.75, 3.05) is 4.90 Å². The van der Waals surface area contributed by atoms with Gasteiger partial charge in [0, 0.05) is 5.56 Å². The van der Waals surface area contributed by atoms with Crippen LogP contribution in [0.1, 0.15) is 27.9 Å². The van der Waals surface area contributed by atoms with Gasteiger partial charge < -0.3 is 13.9 Å². The van der Waals surface area contributed by atoms with Crippen molar-refractivity contribution in [3.8, 4) is 0 Å². The zero-order valence-corrected chi connectivity index (χ0v) is 13.7. The van der Waals surface area contributed by atoms with Gasteiger partial charge >= 0.3 is 0 Å². The number of aliphatic hydroxyl groups is 1. The van der Waals surface area contributed by atoms with Crippen LogP contribution in [0.25, 0.3) is 0 Å². The lowest BCUT2D eigenvalue weighted by Gasteiger charge is -2.22. The zero-order valence-electron chi connectivity index (χ0n) is 12.9. The van der Waals surface area contributed by atoms with Gasteiger partial charge in [0.15, 0.2) is 11.5 Å². The Labute approximate surface area is 145 Å². The topological polar surface area (TPSA) is 110 Å². The Morgan fingerprint density at radius 1 is 1.36 bits per heavy atom. The summed E-state index contributed by atoms with van der Waals surface area (Å²) in [6.45, 7) is 1.70. The van der Waals surface area contributed by atoms with Crippen molar-refractivity contribution >= 4 is 28.2 Å². The highest BCUT2D eigenvalue weighted by molar-refractivity contribution is 7.13. The number of hydrogen-bond donors (Lipinski definition) is 1. The van der Waals surface area contributed by atoms with E-state index in [-0.39, 0.29) is 16.5 Å². The van der Waals surface area contributed by atoms with Gasteiger partial charge in [-0.25, -0.2) is 0 Å². The van der Waals surface area contributed by atoms with Gasteiger partial charge in [-0.05, 0) is 25.1 Å². The van der Waals surface area contributed by atoms with E-state index in [0.717, 1.165) is 11.3 Å². The molecule has 9 heteroatoms. The fourth-order valence-electron chi connectivity index (χ4n) is 2.74. The molecular formula is C16H11N3O5S. The van der Waals surface area contributed by atoms with Gasteiger partial charge in [-0.3, -0.25) is 14.5 Å². The van der Waals surface area contributed by atoms with Crippen molar-refractivity contribution < 1.29 is 23.5 Å². The second kappa shape index (κ2) is 5.71. The third-order valence-electron chi connectivity index (χ3n) is 3.83. The summed E-state index contributed by atoms with van der Waals surface area (Å²) in [6, 6.07) is 3.88. The number of anilines is 1. The normalized spacial score (nSPS) is 17.6. The Morgan fingerprint density at radius 3 is 2.80 bits per heavy atom. The highest BCUT2D eigenvalue weighted by Gasteiger charge is 2.46. The van der Waals surface area contributed by atoms with Crippen LogP contribution >= 0.6 is 11.3 Å². The highest BCUT2D eigenvalue weighted by atomic mass is 32.1. The smallest absolute Gasteiger partial charge is 0.296 e. The number of furan rings is 2. The number of carbonyl (C=O) groups is 2. The minimum atomic E-state index is -0.878. The molecule has 25 heavy (non-hydrogen) atoms. The first-order valence-corrected chi connectivity index (χ1v) is 8.12. The maximum absolute atomic E-state index is 12.9. The molecule has 0 spiro atoms. The molecule has 0 aromatic carbocycles. The van der Waals surface area contributed by atoms with Crippen LogP contribution in [0.15, 0.2) is 56.4 Å². The predicted octanol–water partition coefficient (Wildman–Crippen LogP) is 2.82. The summed E-state index contributed by atoms with van der Waals surface area (Å²) < 4.78 is 10.5. The van der Waals surface area contributed by atoms with Gasteiger partial charge in [-0.1, -0.05) is 11.3 Å². The molecule has 0 fully saturated rings. The number of aromatic nitrogens is 2. The number of aliphatic hydroxyl groups excluding tert-OH is 1. The van der Waals surface area contributed by atoms with Gasteiger partial charge in [0.1, 0.15) is 17.3 Å². The Kier molecular flexibility index (Phi) is 3.50. The molecule has 0 radical (unpaired) electrons. The van der Waals surface area contributed by atoms with Gasteiger partial charge in [-0.15, -0.1) is 10.2 Å². The van der Waals surface area contributed by atoms with Crippen molar-refractivity contribution in [2.45, 2.75) is 13.0 Å². The minimum absolute atomic E-state index is 0.0412. The Hall–Kier alpha value is -3.20. The Bertz CT molecular complexity index is 972. The first kappa shape index (κ1) is 15.3. The summed E-state index contributed by atoms with van der Waals surface area (Å²) in [5, 5.41) is 18.3. The van der Waals surface area contributed by atoms with E-state index in [1.54, 1.807) is 19.1 Å². The Balaban J connectivity index is 1.85. The summed E-state index contributed by atoms with van der Waals surface area (Å²) in [5.41, 5.74) is 1.90. The lowest BCUT2D eigenvalue weighted by atomic mass is 9.97. The molecular weight excluding hydrogens is 346 g/mol. The van der Waals surface area contributed by atoms with E-state index < -0.39 is 23.5 Å². The van der Waals surface area contributed by atoms with Crippen LogP contribution in [0, 0.1) is 6.92 Å². The first-order valence-electron chi connectivity index (χ1n) is 7.24. The summed E-state index contributed by atoms with van der Waals surface area (Å²) >= 11 is 1.12. The number of amides is 1. The zero-order chi connectivity index (χ0) is 17.6. The van der Waals surface area contributed by atoms with E-state index in [2.05, 4.69) is 10.2 Å². The molecule has 1 aliphatic heterocycles. The molecule has 0 bridgehead atoms. The molecule has 8 nitrogen and oxygen atoms in total. The third kappa shape index (κ3) is 2.36. The molecule has 3 aromatic rings. The number of carbonyl (C=O) groups excluding carboxylic acids is 2. The van der Waals surface area contributed by atoms with Crippen LogP contribution in [-0.2, 0) is 4.79 Å². The van der Waals surface area contributed by atoms with E-state index in [1.807, 2.05) is 0 Å². The molecule has 1 N–H and O–H groups in total. The molecule has 3 aromatic heterocycles. The SMILES string of the molecule is Cc1ccc(C(=O)C2=C(O)C(=O)N(c3nncs3)C2c2ccoc2)o1. The lowest BCUT2D eigenvalue weighted by Crippen LogP contribution is -2.30. The number of ketones is 1. The minimum Gasteiger partial charge on any atom is -0.503 e. The maximum atomic E-state index is 12.9. The van der Waals surface area contributed by atoms with Crippen LogP contribution in [0.5, 0.6) is 0 Å². The van der Waals surface area contributed by atoms with E-state index in [0.29, 0.717) is 11.3 Å². The highest BCUT2D eigenvalue weighted by Crippen LogP contribution is 2.42. The van der Waals surface area contributed by atoms with Crippen molar-refractivity contribution in [3.05, 3.63) is 64.7 Å². The van der Waals surface area contributed by atoms with Crippen molar-refractivity contribution in [2.24, 2.45) is 0 Å². The fraction of sp³-hybridized carbons (Fsp3) is 0.125. The van der Waals surface area contributed by atoms with Crippen molar-refractivity contribution in [1.29, 1.82) is 0 Å². The molecule has 0 aliphatic carbocycles. The average molecular weight is 357 g/mol. The van der Waals surface area contributed by atoms with E-state index in [4.69, 9.17) is 8.83 Å². The number of rotatable bonds is 4. The number of nitrogens with zero attached hydrogens (tertiary/aromatic N) is 3. The second-order valence-electron chi connectivity index (χ2n) is 5.36. The van der Waals surface area contributed by atoms with Crippen LogP contribution in [0.4, 0.5) is 5.13 Å². The number of hydrogen-bond acceptors (Lipinski definition) is 8. The van der Waals surface area contributed by atoms with Crippen LogP contribution in [-0.4, -0.2) is 27.0 Å². The molecule has 126 valence electrons. The summed E-state index contributed by atoms with van der Waals surface area (Å²) in [4.78, 5) is 26.7. The van der Waals surface area contributed by atoms with Gasteiger partial charge in [0.25, 0.3) is 5.91 Å². The van der Waals surface area contributed by atoms with Gasteiger partial charge in [-0.2, -0.15) is 0 Å². The monoisotopic (exact) mass is 357 g/mol. The summed E-state index contributed by atoms with van der Waals surface area (Å²) in [6.07, 6.45) is 2.83. The number of aryl methyl sites for hydroxylation is 1. The fourth-order valence-corrected chi connectivity index (χ4v) is 3.33. The molecule has 1 unspecified atom stereocenters. The molecule has 4 rings (SSSR count). The van der Waals surface area contributed by atoms with E-state index in [9.17, 15) is 14.7 Å². The standard InChI is InChI=1S/C16H11N3O5S/c1-8-2-3-10(24-8)13(20)11-12(9-4-5-23-6-9)19(15(22)14(11)21)16-18-17-7-25-16/h2-7,12,21H,1H3. The Morgan fingerprint density at radius 2 is 2.20 bits per heavy atom. The molecule has 1 atom stereocenters. The average Bonchev–Trinajstić information content (AvgIpc) is 3.36. The van der Waals surface area contributed by atoms with Crippen molar-refractivity contribution in [3.63, 3.8) is 0 Å². The van der Waals surface area contributed by atoms with E-state index >= 15 is 0 Å². The molecule has 0 saturated heterocycles. The van der Waals surface area contributed by atoms with Crippen LogP contribution < -0.4 is 4.90 Å². The summed E-state index contributed by atoms with van der Waals surface area (Å²) in [7, 11) is 0. The molecule has 0 saturated carbocycles. The largest absolute Gasteiger partial charge is 0.503 e. The summed E-state index contributed by atoms with van der Waals surface area (Å²) in [5.74, 6) is -1.35. The third-order valence-corrected chi connectivity index (χ3v) is 4.52. The maximum Gasteiger partial charge on any atom is 0.296 e. The lowest BCUT2D eigenvalue weighted by molar-refractivity contribution is -0.117. The molecule has 1 amide bonds. The van der Waals surface area contributed by atoms with Gasteiger partial charge in [0.2, 0.25) is 10.9 Å².